The fourth-order valence-electron chi connectivity index (χ4n) is 3.35. The lowest BCUT2D eigenvalue weighted by molar-refractivity contribution is -0.132. The van der Waals surface area contributed by atoms with Gasteiger partial charge < -0.3 is 15.2 Å². The molecule has 0 fully saturated rings. The van der Waals surface area contributed by atoms with Crippen molar-refractivity contribution < 1.29 is 19.4 Å². The lowest BCUT2D eigenvalue weighted by Gasteiger charge is -2.20. The highest BCUT2D eigenvalue weighted by Crippen LogP contribution is 2.38. The van der Waals surface area contributed by atoms with Gasteiger partial charge in [0.2, 0.25) is 0 Å². The Bertz CT molecular complexity index is 1000. The van der Waals surface area contributed by atoms with Crippen LogP contribution in [0.15, 0.2) is 47.6 Å². The van der Waals surface area contributed by atoms with Gasteiger partial charge in [-0.3, -0.25) is 9.59 Å². The van der Waals surface area contributed by atoms with Crippen LogP contribution in [0.25, 0.3) is 0 Å². The SMILES string of the molecule is CC(CC1(O)C(=O)Nc2ccccc21)=NNC(=O)COc1cc(C(C)C)ccc1C. The average molecular weight is 409 g/mol. The lowest BCUT2D eigenvalue weighted by Crippen LogP contribution is -2.36. The third-order valence-corrected chi connectivity index (χ3v) is 5.12. The third-order valence-electron chi connectivity index (χ3n) is 5.12. The molecule has 0 bridgehead atoms. The number of rotatable bonds is 7. The number of amides is 2. The van der Waals surface area contributed by atoms with Crippen LogP contribution in [0.5, 0.6) is 5.75 Å². The molecule has 1 atom stereocenters. The van der Waals surface area contributed by atoms with Crippen molar-refractivity contribution in [3.63, 3.8) is 0 Å². The molecule has 1 aliphatic heterocycles. The molecular weight excluding hydrogens is 382 g/mol. The number of anilines is 1. The van der Waals surface area contributed by atoms with Crippen LogP contribution >= 0.6 is 0 Å². The summed E-state index contributed by atoms with van der Waals surface area (Å²) in [5.74, 6) is 0.0868. The van der Waals surface area contributed by atoms with Crippen molar-refractivity contribution >= 4 is 23.2 Å². The normalized spacial score (nSPS) is 18.2. The zero-order chi connectivity index (χ0) is 21.9. The Balaban J connectivity index is 1.59. The van der Waals surface area contributed by atoms with Gasteiger partial charge in [0.1, 0.15) is 5.75 Å². The van der Waals surface area contributed by atoms with Crippen molar-refractivity contribution in [3.05, 3.63) is 59.2 Å². The molecule has 0 saturated carbocycles. The Morgan fingerprint density at radius 3 is 2.73 bits per heavy atom. The van der Waals surface area contributed by atoms with Crippen LogP contribution in [-0.2, 0) is 15.2 Å². The first-order chi connectivity index (χ1) is 14.2. The second-order valence-electron chi connectivity index (χ2n) is 7.89. The number of para-hydroxylation sites is 1. The van der Waals surface area contributed by atoms with Gasteiger partial charge in [-0.2, -0.15) is 5.10 Å². The van der Waals surface area contributed by atoms with E-state index < -0.39 is 17.4 Å². The molecule has 0 spiro atoms. The summed E-state index contributed by atoms with van der Waals surface area (Å²) in [4.78, 5) is 24.4. The molecule has 3 rings (SSSR count). The van der Waals surface area contributed by atoms with E-state index in [1.165, 1.54) is 0 Å². The number of hydrogen-bond donors (Lipinski definition) is 3. The van der Waals surface area contributed by atoms with Crippen molar-refractivity contribution in [1.82, 2.24) is 5.43 Å². The second-order valence-corrected chi connectivity index (χ2v) is 7.89. The molecule has 0 aliphatic carbocycles. The van der Waals surface area contributed by atoms with E-state index in [0.717, 1.165) is 11.1 Å². The van der Waals surface area contributed by atoms with E-state index in [9.17, 15) is 14.7 Å². The zero-order valence-corrected chi connectivity index (χ0v) is 17.7. The molecule has 1 heterocycles. The molecule has 30 heavy (non-hydrogen) atoms. The summed E-state index contributed by atoms with van der Waals surface area (Å²) < 4.78 is 5.64. The number of benzene rings is 2. The minimum Gasteiger partial charge on any atom is -0.483 e. The van der Waals surface area contributed by atoms with Crippen LogP contribution in [0.1, 0.15) is 49.8 Å². The van der Waals surface area contributed by atoms with Crippen LogP contribution in [0.3, 0.4) is 0 Å². The molecule has 0 radical (unpaired) electrons. The van der Waals surface area contributed by atoms with Gasteiger partial charge in [-0.25, -0.2) is 5.43 Å². The van der Waals surface area contributed by atoms with Gasteiger partial charge in [0.15, 0.2) is 12.2 Å². The van der Waals surface area contributed by atoms with Gasteiger partial charge in [0.25, 0.3) is 11.8 Å². The minimum absolute atomic E-state index is 0.0352. The molecule has 0 saturated heterocycles. The summed E-state index contributed by atoms with van der Waals surface area (Å²) in [6.45, 7) is 7.56. The number of ether oxygens (including phenoxy) is 1. The Morgan fingerprint density at radius 1 is 1.27 bits per heavy atom. The van der Waals surface area contributed by atoms with Crippen LogP contribution in [0.2, 0.25) is 0 Å². The number of aliphatic hydroxyl groups is 1. The molecule has 3 N–H and O–H groups in total. The molecular formula is C23H27N3O4. The molecule has 2 aromatic rings. The summed E-state index contributed by atoms with van der Waals surface area (Å²) in [5, 5.41) is 17.6. The van der Waals surface area contributed by atoms with E-state index >= 15 is 0 Å². The molecule has 1 unspecified atom stereocenters. The fourth-order valence-corrected chi connectivity index (χ4v) is 3.35. The minimum atomic E-state index is -1.71. The van der Waals surface area contributed by atoms with Gasteiger partial charge in [-0.15, -0.1) is 0 Å². The van der Waals surface area contributed by atoms with E-state index in [1.54, 1.807) is 31.2 Å². The number of hydrazone groups is 1. The highest BCUT2D eigenvalue weighted by atomic mass is 16.5. The maximum atomic E-state index is 12.3. The average Bonchev–Trinajstić information content (AvgIpc) is 2.95. The first-order valence-corrected chi connectivity index (χ1v) is 9.89. The molecule has 7 nitrogen and oxygen atoms in total. The fraction of sp³-hybridized carbons (Fsp3) is 0.348. The Labute approximate surface area is 176 Å². The van der Waals surface area contributed by atoms with E-state index in [1.807, 2.05) is 25.1 Å². The molecule has 1 aliphatic rings. The highest BCUT2D eigenvalue weighted by molar-refractivity contribution is 6.07. The van der Waals surface area contributed by atoms with Gasteiger partial charge in [-0.1, -0.05) is 44.2 Å². The topological polar surface area (TPSA) is 100 Å². The maximum Gasteiger partial charge on any atom is 0.277 e. The van der Waals surface area contributed by atoms with Gasteiger partial charge in [0.05, 0.1) is 0 Å². The summed E-state index contributed by atoms with van der Waals surface area (Å²) in [7, 11) is 0. The van der Waals surface area contributed by atoms with Crippen LogP contribution < -0.4 is 15.5 Å². The molecule has 158 valence electrons. The maximum absolute atomic E-state index is 12.3. The largest absolute Gasteiger partial charge is 0.483 e. The standard InChI is InChI=1S/C23H27N3O4/c1-14(2)17-10-9-15(3)20(11-17)30-13-21(27)26-25-16(4)12-23(29)18-7-5-6-8-19(18)24-22(23)28/h5-11,14,29H,12-13H2,1-4H3,(H,24,28)(H,26,27). The number of carbonyl (C=O) groups is 2. The molecule has 2 aromatic carbocycles. The van der Waals surface area contributed by atoms with Crippen molar-refractivity contribution in [3.8, 4) is 5.75 Å². The van der Waals surface area contributed by atoms with Crippen molar-refractivity contribution in [2.75, 3.05) is 11.9 Å². The first-order valence-electron chi connectivity index (χ1n) is 9.89. The number of carbonyl (C=O) groups excluding carboxylic acids is 2. The summed E-state index contributed by atoms with van der Waals surface area (Å²) >= 11 is 0. The van der Waals surface area contributed by atoms with Crippen molar-refractivity contribution in [1.29, 1.82) is 0 Å². The van der Waals surface area contributed by atoms with E-state index in [4.69, 9.17) is 4.74 Å². The summed E-state index contributed by atoms with van der Waals surface area (Å²) in [5.41, 5.74) is 4.28. The molecule has 7 heteroatoms. The Morgan fingerprint density at radius 2 is 2.00 bits per heavy atom. The van der Waals surface area contributed by atoms with E-state index in [0.29, 0.717) is 28.6 Å². The highest BCUT2D eigenvalue weighted by Gasteiger charge is 2.45. The number of hydrogen-bond acceptors (Lipinski definition) is 5. The first kappa shape index (κ1) is 21.5. The summed E-state index contributed by atoms with van der Waals surface area (Å²) in [6.07, 6.45) is -0.0352. The number of nitrogens with one attached hydrogen (secondary N) is 2. The Hall–Kier alpha value is -3.19. The lowest BCUT2D eigenvalue weighted by atomic mass is 9.90. The zero-order valence-electron chi connectivity index (χ0n) is 17.7. The predicted octanol–water partition coefficient (Wildman–Crippen LogP) is 3.22. The molecule has 0 aromatic heterocycles. The van der Waals surface area contributed by atoms with E-state index in [2.05, 4.69) is 29.7 Å². The molecule has 2 amide bonds. The quantitative estimate of drug-likeness (QED) is 0.483. The Kier molecular flexibility index (Phi) is 6.22. The van der Waals surface area contributed by atoms with Crippen molar-refractivity contribution in [2.45, 2.75) is 45.6 Å². The smallest absolute Gasteiger partial charge is 0.277 e. The number of nitrogens with zero attached hydrogens (tertiary/aromatic N) is 1. The number of fused-ring (bicyclic) bond motifs is 1. The second kappa shape index (κ2) is 8.67. The number of aryl methyl sites for hydroxylation is 1. The monoisotopic (exact) mass is 409 g/mol. The van der Waals surface area contributed by atoms with Crippen LogP contribution in [0.4, 0.5) is 5.69 Å². The van der Waals surface area contributed by atoms with Gasteiger partial charge >= 0.3 is 0 Å². The van der Waals surface area contributed by atoms with Crippen LogP contribution in [0, 0.1) is 6.92 Å². The van der Waals surface area contributed by atoms with Crippen molar-refractivity contribution in [2.24, 2.45) is 5.10 Å². The predicted molar refractivity (Wildman–Crippen MR) is 116 cm³/mol. The van der Waals surface area contributed by atoms with Crippen LogP contribution in [-0.4, -0.2) is 29.2 Å². The summed E-state index contributed by atoms with van der Waals surface area (Å²) in [6, 6.07) is 12.9. The van der Waals surface area contributed by atoms with Gasteiger partial charge in [0, 0.05) is 23.4 Å². The van der Waals surface area contributed by atoms with Gasteiger partial charge in [-0.05, 0) is 43.0 Å². The third kappa shape index (κ3) is 4.52. The van der Waals surface area contributed by atoms with E-state index in [-0.39, 0.29) is 13.0 Å².